The molecule has 3 nitrogen and oxygen atoms in total. The van der Waals surface area contributed by atoms with E-state index in [0.717, 1.165) is 33.2 Å². The average molecular weight is 313 g/mol. The molecule has 0 fully saturated rings. The van der Waals surface area contributed by atoms with E-state index < -0.39 is 0 Å². The molecule has 0 aromatic heterocycles. The van der Waals surface area contributed by atoms with Gasteiger partial charge in [0.15, 0.2) is 0 Å². The van der Waals surface area contributed by atoms with Crippen LogP contribution in [0.1, 0.15) is 12.5 Å². The van der Waals surface area contributed by atoms with Crippen molar-refractivity contribution in [3.8, 4) is 11.5 Å². The Labute approximate surface area is 136 Å². The molecule has 114 valence electrons. The zero-order valence-corrected chi connectivity index (χ0v) is 13.7. The summed E-state index contributed by atoms with van der Waals surface area (Å²) in [6.07, 6.45) is 1.91. The van der Waals surface area contributed by atoms with E-state index in [-0.39, 0.29) is 0 Å². The van der Waals surface area contributed by atoms with Gasteiger partial charge in [-0.3, -0.25) is 0 Å². The number of methoxy groups -OCH3 is 2. The number of benzene rings is 2. The monoisotopic (exact) mass is 313 g/mol. The number of ether oxygens (including phenoxy) is 2. The van der Waals surface area contributed by atoms with Gasteiger partial charge < -0.3 is 14.8 Å². The molecule has 0 amide bonds. The number of hydrogen-bond donors (Lipinski definition) is 1. The number of thiocarbonyl (C=S) groups is 1. The lowest BCUT2D eigenvalue weighted by atomic mass is 10.1. The van der Waals surface area contributed by atoms with E-state index in [9.17, 15) is 0 Å². The van der Waals surface area contributed by atoms with E-state index in [0.29, 0.717) is 0 Å². The Morgan fingerprint density at radius 3 is 1.91 bits per heavy atom. The Kier molecular flexibility index (Phi) is 5.55. The summed E-state index contributed by atoms with van der Waals surface area (Å²) in [5, 5.41) is 3.24. The van der Waals surface area contributed by atoms with Crippen LogP contribution in [0.15, 0.2) is 60.3 Å². The Morgan fingerprint density at radius 2 is 1.41 bits per heavy atom. The van der Waals surface area contributed by atoms with Gasteiger partial charge >= 0.3 is 0 Å². The van der Waals surface area contributed by atoms with Gasteiger partial charge in [-0.1, -0.05) is 12.2 Å². The third-order valence-electron chi connectivity index (χ3n) is 3.26. The highest BCUT2D eigenvalue weighted by Crippen LogP contribution is 2.17. The lowest BCUT2D eigenvalue weighted by Crippen LogP contribution is -2.01. The van der Waals surface area contributed by atoms with Crippen molar-refractivity contribution in [2.45, 2.75) is 6.92 Å². The van der Waals surface area contributed by atoms with Crippen LogP contribution in [0.2, 0.25) is 0 Å². The third-order valence-corrected chi connectivity index (χ3v) is 3.81. The number of anilines is 1. The van der Waals surface area contributed by atoms with E-state index in [2.05, 4.69) is 5.32 Å². The highest BCUT2D eigenvalue weighted by molar-refractivity contribution is 7.81. The van der Waals surface area contributed by atoms with Crippen molar-refractivity contribution in [1.82, 2.24) is 0 Å². The Hall–Kier alpha value is -2.33. The lowest BCUT2D eigenvalue weighted by molar-refractivity contribution is 0.414. The van der Waals surface area contributed by atoms with Crippen molar-refractivity contribution < 1.29 is 9.47 Å². The minimum Gasteiger partial charge on any atom is -0.497 e. The zero-order valence-electron chi connectivity index (χ0n) is 12.9. The largest absolute Gasteiger partial charge is 0.497 e. The first-order valence-corrected chi connectivity index (χ1v) is 7.31. The fourth-order valence-corrected chi connectivity index (χ4v) is 2.11. The van der Waals surface area contributed by atoms with Gasteiger partial charge in [-0.15, -0.1) is 0 Å². The molecule has 0 aliphatic rings. The molecule has 4 heteroatoms. The second kappa shape index (κ2) is 7.61. The van der Waals surface area contributed by atoms with Gasteiger partial charge in [0.2, 0.25) is 0 Å². The normalized spacial score (nSPS) is 11.0. The van der Waals surface area contributed by atoms with Crippen molar-refractivity contribution in [1.29, 1.82) is 0 Å². The van der Waals surface area contributed by atoms with Crippen LogP contribution in [-0.2, 0) is 0 Å². The molecule has 0 bridgehead atoms. The van der Waals surface area contributed by atoms with Gasteiger partial charge in [0.05, 0.1) is 14.2 Å². The second-order valence-electron chi connectivity index (χ2n) is 4.76. The van der Waals surface area contributed by atoms with Crippen molar-refractivity contribution >= 4 is 22.8 Å². The van der Waals surface area contributed by atoms with Gasteiger partial charge in [-0.2, -0.15) is 0 Å². The van der Waals surface area contributed by atoms with Crippen LogP contribution in [0.25, 0.3) is 0 Å². The summed E-state index contributed by atoms with van der Waals surface area (Å²) in [6, 6.07) is 15.5. The summed E-state index contributed by atoms with van der Waals surface area (Å²) < 4.78 is 10.3. The third kappa shape index (κ3) is 4.09. The minimum absolute atomic E-state index is 0.809. The molecular formula is C18H19NO2S. The summed E-state index contributed by atoms with van der Waals surface area (Å²) >= 11 is 5.51. The predicted octanol–water partition coefficient (Wildman–Crippen LogP) is 4.44. The standard InChI is InChI=1S/C18H19NO2S/c1-13(12-19-15-6-10-17(21-3)11-7-15)18(22)14-4-8-16(20-2)9-5-14/h4-12,19H,1-3H3/b13-12+. The Balaban J connectivity index is 2.04. The number of allylic oxidation sites excluding steroid dienone is 1. The molecule has 0 spiro atoms. The molecule has 0 aliphatic heterocycles. The molecule has 0 saturated heterocycles. The smallest absolute Gasteiger partial charge is 0.119 e. The molecule has 0 unspecified atom stereocenters. The van der Waals surface area contributed by atoms with Crippen molar-refractivity contribution in [3.05, 3.63) is 65.9 Å². The SMILES string of the molecule is COc1ccc(N/C=C(\C)C(=S)c2ccc(OC)cc2)cc1. The minimum atomic E-state index is 0.809. The summed E-state index contributed by atoms with van der Waals surface area (Å²) in [4.78, 5) is 0.809. The van der Waals surface area contributed by atoms with Crippen molar-refractivity contribution in [3.63, 3.8) is 0 Å². The molecule has 0 atom stereocenters. The molecule has 22 heavy (non-hydrogen) atoms. The van der Waals surface area contributed by atoms with E-state index in [1.54, 1.807) is 14.2 Å². The first-order chi connectivity index (χ1) is 10.6. The van der Waals surface area contributed by atoms with Gasteiger partial charge in [0, 0.05) is 16.8 Å². The van der Waals surface area contributed by atoms with Crippen LogP contribution >= 0.6 is 12.2 Å². The molecular weight excluding hydrogens is 294 g/mol. The van der Waals surface area contributed by atoms with Crippen LogP contribution in [-0.4, -0.2) is 19.1 Å². The Bertz CT molecular complexity index is 660. The van der Waals surface area contributed by atoms with Gasteiger partial charge in [0.25, 0.3) is 0 Å². The molecule has 2 rings (SSSR count). The van der Waals surface area contributed by atoms with Crippen molar-refractivity contribution in [2.24, 2.45) is 0 Å². The highest BCUT2D eigenvalue weighted by Gasteiger charge is 2.04. The van der Waals surface area contributed by atoms with E-state index >= 15 is 0 Å². The van der Waals surface area contributed by atoms with E-state index in [4.69, 9.17) is 21.7 Å². The topological polar surface area (TPSA) is 30.5 Å². The number of hydrogen-bond acceptors (Lipinski definition) is 4. The molecule has 2 aromatic carbocycles. The van der Waals surface area contributed by atoms with Crippen LogP contribution in [0.5, 0.6) is 11.5 Å². The maximum atomic E-state index is 5.51. The lowest BCUT2D eigenvalue weighted by Gasteiger charge is -2.08. The first kappa shape index (κ1) is 16.0. The fourth-order valence-electron chi connectivity index (χ4n) is 1.91. The highest BCUT2D eigenvalue weighted by atomic mass is 32.1. The van der Waals surface area contributed by atoms with Crippen LogP contribution in [0.4, 0.5) is 5.69 Å². The second-order valence-corrected chi connectivity index (χ2v) is 5.17. The van der Waals surface area contributed by atoms with Gasteiger partial charge in [-0.05, 0) is 66.6 Å². The summed E-state index contributed by atoms with van der Waals surface area (Å²) in [7, 11) is 3.30. The predicted molar refractivity (Wildman–Crippen MR) is 95.1 cm³/mol. The zero-order chi connectivity index (χ0) is 15.9. The quantitative estimate of drug-likeness (QED) is 0.485. The molecule has 1 N–H and O–H groups in total. The first-order valence-electron chi connectivity index (χ1n) is 6.90. The van der Waals surface area contributed by atoms with Crippen LogP contribution in [0.3, 0.4) is 0 Å². The Morgan fingerprint density at radius 1 is 0.909 bits per heavy atom. The van der Waals surface area contributed by atoms with Crippen LogP contribution in [0, 0.1) is 0 Å². The summed E-state index contributed by atoms with van der Waals surface area (Å²) in [5.74, 6) is 1.66. The molecule has 0 radical (unpaired) electrons. The van der Waals surface area contributed by atoms with Crippen molar-refractivity contribution in [2.75, 3.05) is 19.5 Å². The molecule has 0 aliphatic carbocycles. The summed E-state index contributed by atoms with van der Waals surface area (Å²) in [5.41, 5.74) is 2.98. The average Bonchev–Trinajstić information content (AvgIpc) is 2.59. The molecule has 2 aromatic rings. The van der Waals surface area contributed by atoms with Gasteiger partial charge in [0.1, 0.15) is 11.5 Å². The fraction of sp³-hybridized carbons (Fsp3) is 0.167. The van der Waals surface area contributed by atoms with E-state index in [1.165, 1.54) is 0 Å². The maximum Gasteiger partial charge on any atom is 0.119 e. The molecule has 0 heterocycles. The maximum absolute atomic E-state index is 5.51. The van der Waals surface area contributed by atoms with Crippen LogP contribution < -0.4 is 14.8 Å². The molecule has 0 saturated carbocycles. The van der Waals surface area contributed by atoms with E-state index in [1.807, 2.05) is 61.7 Å². The number of nitrogens with one attached hydrogen (secondary N) is 1. The van der Waals surface area contributed by atoms with Gasteiger partial charge in [-0.25, -0.2) is 0 Å². The summed E-state index contributed by atoms with van der Waals surface area (Å²) in [6.45, 7) is 1.99. The number of rotatable bonds is 6.